The van der Waals surface area contributed by atoms with Crippen LogP contribution in [0.3, 0.4) is 0 Å². The predicted molar refractivity (Wildman–Crippen MR) is 94.9 cm³/mol. The van der Waals surface area contributed by atoms with E-state index in [1.165, 1.54) is 5.56 Å². The van der Waals surface area contributed by atoms with E-state index >= 15 is 0 Å². The van der Waals surface area contributed by atoms with Gasteiger partial charge in [0.05, 0.1) is 13.0 Å². The number of aryl methyl sites for hydroxylation is 3. The number of likely N-dealkylation sites (tertiary alicyclic amines) is 1. The smallest absolute Gasteiger partial charge is 0.329 e. The number of benzene rings is 1. The summed E-state index contributed by atoms with van der Waals surface area (Å²) in [5.41, 5.74) is 4.54. The molecule has 2 rings (SSSR count). The van der Waals surface area contributed by atoms with Gasteiger partial charge in [-0.2, -0.15) is 0 Å². The lowest BCUT2D eigenvalue weighted by Crippen LogP contribution is -2.47. The van der Waals surface area contributed by atoms with Gasteiger partial charge in [0.2, 0.25) is 5.91 Å². The highest BCUT2D eigenvalue weighted by atomic mass is 16.5. The zero-order chi connectivity index (χ0) is 18.0. The highest BCUT2D eigenvalue weighted by Crippen LogP contribution is 2.31. The van der Waals surface area contributed by atoms with Crippen molar-refractivity contribution >= 4 is 11.9 Å². The third-order valence-corrected chi connectivity index (χ3v) is 5.01. The molecule has 1 saturated heterocycles. The normalized spacial score (nSPS) is 23.4. The molecule has 0 spiro atoms. The van der Waals surface area contributed by atoms with Crippen LogP contribution in [0.25, 0.3) is 0 Å². The minimum Gasteiger partial charge on any atom is -0.464 e. The molecule has 24 heavy (non-hydrogen) atoms. The van der Waals surface area contributed by atoms with Crippen molar-refractivity contribution in [1.82, 2.24) is 4.90 Å². The molecule has 0 bridgehead atoms. The number of esters is 1. The Morgan fingerprint density at radius 2 is 1.75 bits per heavy atom. The van der Waals surface area contributed by atoms with Gasteiger partial charge in [0, 0.05) is 6.04 Å². The molecule has 1 heterocycles. The minimum absolute atomic E-state index is 0.0138. The van der Waals surface area contributed by atoms with Gasteiger partial charge in [0.15, 0.2) is 0 Å². The van der Waals surface area contributed by atoms with Crippen LogP contribution in [0.1, 0.15) is 49.4 Å². The highest BCUT2D eigenvalue weighted by Gasteiger charge is 2.44. The summed E-state index contributed by atoms with van der Waals surface area (Å²) < 4.78 is 5.21. The average Bonchev–Trinajstić information content (AvgIpc) is 2.77. The second-order valence-electron chi connectivity index (χ2n) is 7.11. The van der Waals surface area contributed by atoms with E-state index in [1.54, 1.807) is 11.8 Å². The second-order valence-corrected chi connectivity index (χ2v) is 7.11. The maximum atomic E-state index is 13.0. The van der Waals surface area contributed by atoms with Crippen molar-refractivity contribution in [3.8, 4) is 0 Å². The molecule has 1 aromatic rings. The Balaban J connectivity index is 2.25. The Bertz CT molecular complexity index is 615. The number of carbonyl (C=O) groups is 2. The summed E-state index contributed by atoms with van der Waals surface area (Å²) in [6.07, 6.45) is 1.17. The summed E-state index contributed by atoms with van der Waals surface area (Å²) in [6, 6.07) is 3.81. The lowest BCUT2D eigenvalue weighted by Gasteiger charge is -2.29. The van der Waals surface area contributed by atoms with Gasteiger partial charge >= 0.3 is 5.97 Å². The van der Waals surface area contributed by atoms with Crippen LogP contribution in [-0.2, 0) is 20.7 Å². The van der Waals surface area contributed by atoms with E-state index in [0.717, 1.165) is 23.1 Å². The van der Waals surface area contributed by atoms with Crippen LogP contribution in [0, 0.1) is 26.7 Å². The van der Waals surface area contributed by atoms with Gasteiger partial charge in [-0.05, 0) is 63.6 Å². The van der Waals surface area contributed by atoms with E-state index < -0.39 is 6.04 Å². The lowest BCUT2D eigenvalue weighted by molar-refractivity contribution is -0.155. The molecule has 0 aliphatic carbocycles. The number of nitrogens with zero attached hydrogens (tertiary/aromatic N) is 1. The number of ether oxygens (including phenoxy) is 1. The van der Waals surface area contributed by atoms with Gasteiger partial charge in [-0.15, -0.1) is 0 Å². The first kappa shape index (κ1) is 18.5. The molecule has 132 valence electrons. The Hall–Kier alpha value is -1.84. The molecule has 3 atom stereocenters. The van der Waals surface area contributed by atoms with Gasteiger partial charge in [0.25, 0.3) is 0 Å². The summed E-state index contributed by atoms with van der Waals surface area (Å²) in [4.78, 5) is 27.1. The van der Waals surface area contributed by atoms with Gasteiger partial charge in [0.1, 0.15) is 6.04 Å². The Labute approximate surface area is 145 Å². The van der Waals surface area contributed by atoms with Crippen LogP contribution in [0.4, 0.5) is 0 Å². The van der Waals surface area contributed by atoms with E-state index in [1.807, 2.05) is 27.7 Å². The monoisotopic (exact) mass is 331 g/mol. The first-order valence-electron chi connectivity index (χ1n) is 8.80. The summed E-state index contributed by atoms with van der Waals surface area (Å²) >= 11 is 0. The molecule has 1 aliphatic rings. The molecule has 1 fully saturated rings. The number of hydrogen-bond acceptors (Lipinski definition) is 3. The van der Waals surface area contributed by atoms with E-state index in [9.17, 15) is 9.59 Å². The molecule has 1 aliphatic heterocycles. The molecular formula is C20H29NO3. The standard InChI is InChI=1S/C20H29NO3/c1-7-24-20(23)19-15(5)10-16(6)21(19)18(22)11-17-13(3)8-12(2)9-14(17)4/h8-9,15-16,19H,7,10-11H2,1-6H3. The molecule has 0 N–H and O–H groups in total. The van der Waals surface area contributed by atoms with Gasteiger partial charge in [-0.25, -0.2) is 4.79 Å². The van der Waals surface area contributed by atoms with E-state index in [-0.39, 0.29) is 23.8 Å². The van der Waals surface area contributed by atoms with E-state index in [2.05, 4.69) is 19.1 Å². The van der Waals surface area contributed by atoms with Crippen molar-refractivity contribution in [3.63, 3.8) is 0 Å². The fourth-order valence-electron chi connectivity index (χ4n) is 4.03. The van der Waals surface area contributed by atoms with Crippen molar-refractivity contribution in [2.75, 3.05) is 6.61 Å². The topological polar surface area (TPSA) is 46.6 Å². The highest BCUT2D eigenvalue weighted by molar-refractivity contribution is 5.87. The number of carbonyl (C=O) groups excluding carboxylic acids is 2. The first-order valence-corrected chi connectivity index (χ1v) is 8.80. The second kappa shape index (κ2) is 7.37. The Kier molecular flexibility index (Phi) is 5.68. The molecule has 4 nitrogen and oxygen atoms in total. The number of rotatable bonds is 4. The van der Waals surface area contributed by atoms with Gasteiger partial charge < -0.3 is 9.64 Å². The Morgan fingerprint density at radius 1 is 1.17 bits per heavy atom. The molecule has 4 heteroatoms. The summed E-state index contributed by atoms with van der Waals surface area (Å²) in [5.74, 6) is -0.136. The largest absolute Gasteiger partial charge is 0.464 e. The maximum Gasteiger partial charge on any atom is 0.329 e. The van der Waals surface area contributed by atoms with Crippen LogP contribution < -0.4 is 0 Å². The molecule has 1 amide bonds. The summed E-state index contributed by atoms with van der Waals surface area (Å²) in [7, 11) is 0. The van der Waals surface area contributed by atoms with Crippen LogP contribution in [-0.4, -0.2) is 35.5 Å². The predicted octanol–water partition coefficient (Wildman–Crippen LogP) is 3.34. The third kappa shape index (κ3) is 3.63. The number of amides is 1. The van der Waals surface area contributed by atoms with Crippen LogP contribution in [0.5, 0.6) is 0 Å². The lowest BCUT2D eigenvalue weighted by atomic mass is 9.96. The molecule has 0 aromatic heterocycles. The molecule has 1 aromatic carbocycles. The fourth-order valence-corrected chi connectivity index (χ4v) is 4.03. The van der Waals surface area contributed by atoms with Crippen LogP contribution in [0.2, 0.25) is 0 Å². The number of hydrogen-bond donors (Lipinski definition) is 0. The quantitative estimate of drug-likeness (QED) is 0.795. The van der Waals surface area contributed by atoms with Crippen molar-refractivity contribution in [2.45, 2.75) is 66.5 Å². The molecular weight excluding hydrogens is 302 g/mol. The van der Waals surface area contributed by atoms with E-state index in [4.69, 9.17) is 4.74 Å². The van der Waals surface area contributed by atoms with Crippen molar-refractivity contribution < 1.29 is 14.3 Å². The van der Waals surface area contributed by atoms with Crippen LogP contribution in [0.15, 0.2) is 12.1 Å². The molecule has 0 radical (unpaired) electrons. The first-order chi connectivity index (χ1) is 11.3. The molecule has 0 saturated carbocycles. The van der Waals surface area contributed by atoms with Crippen molar-refractivity contribution in [1.29, 1.82) is 0 Å². The zero-order valence-corrected chi connectivity index (χ0v) is 15.7. The Morgan fingerprint density at radius 3 is 2.29 bits per heavy atom. The summed E-state index contributed by atoms with van der Waals surface area (Å²) in [5, 5.41) is 0. The maximum absolute atomic E-state index is 13.0. The zero-order valence-electron chi connectivity index (χ0n) is 15.7. The average molecular weight is 331 g/mol. The van der Waals surface area contributed by atoms with E-state index in [0.29, 0.717) is 13.0 Å². The minimum atomic E-state index is -0.460. The SMILES string of the molecule is CCOC(=O)C1C(C)CC(C)N1C(=O)Cc1c(C)cc(C)cc1C. The van der Waals surface area contributed by atoms with Gasteiger partial charge in [-0.3, -0.25) is 4.79 Å². The van der Waals surface area contributed by atoms with Gasteiger partial charge in [-0.1, -0.05) is 24.6 Å². The summed E-state index contributed by atoms with van der Waals surface area (Å²) in [6.45, 7) is 12.3. The fraction of sp³-hybridized carbons (Fsp3) is 0.600. The van der Waals surface area contributed by atoms with Crippen molar-refractivity contribution in [2.24, 2.45) is 5.92 Å². The third-order valence-electron chi connectivity index (χ3n) is 5.01. The van der Waals surface area contributed by atoms with Crippen LogP contribution >= 0.6 is 0 Å². The molecule has 3 unspecified atom stereocenters. The van der Waals surface area contributed by atoms with Crippen molar-refractivity contribution in [3.05, 3.63) is 34.4 Å².